The summed E-state index contributed by atoms with van der Waals surface area (Å²) in [6.07, 6.45) is 14.3. The lowest BCUT2D eigenvalue weighted by Gasteiger charge is -2.60. The highest BCUT2D eigenvalue weighted by Crippen LogP contribution is 2.62. The molecular weight excluding hydrogens is 963 g/mol. The number of non-ortho nitro benzene ring substituents is 1. The molecule has 10 rings (SSSR count). The number of ether oxygens (including phenoxy) is 5. The van der Waals surface area contributed by atoms with Gasteiger partial charge in [-0.15, -0.1) is 6.58 Å². The highest BCUT2D eigenvalue weighted by Gasteiger charge is 2.65. The molecule has 2 N–H and O–H groups in total. The first-order valence-electron chi connectivity index (χ1n) is 27.2. The molecule has 2 fully saturated rings. The van der Waals surface area contributed by atoms with Crippen LogP contribution in [0.15, 0.2) is 145 Å². The molecule has 0 spiro atoms. The number of unbranched alkanes of at least 4 members (excludes halogenated alkanes) is 2. The Kier molecular flexibility index (Phi) is 16.8. The van der Waals surface area contributed by atoms with Crippen molar-refractivity contribution in [2.45, 2.75) is 114 Å². The minimum atomic E-state index is -1.48. The predicted octanol–water partition coefficient (Wildman–Crippen LogP) is 12.6. The summed E-state index contributed by atoms with van der Waals surface area (Å²) in [4.78, 5) is 34.9. The Hall–Kier alpha value is -7.00. The van der Waals surface area contributed by atoms with Crippen molar-refractivity contribution in [3.05, 3.63) is 166 Å². The minimum Gasteiger partial charge on any atom is -0.459 e. The molecule has 5 aromatic rings. The number of rotatable bonds is 24. The predicted molar refractivity (Wildman–Crippen MR) is 289 cm³/mol. The molecule has 14 heteroatoms. The molecule has 6 atom stereocenters. The topological polar surface area (TPSA) is 172 Å². The third-order valence-electron chi connectivity index (χ3n) is 16.1. The SMILES string of the molecule is C=CCOC12Oc3ccc(Oc4ccc(-c5ccccc5)cc4)cc3C3C(CCCCO)C(CCCCO)C=C(C(=NOCc4ccc([N+](=O)[O-])cc4)CC1N(Cc1ccc4c(c1)OCO4)C(=O)CCC1CCCC1)C32. The fraction of sp³-hybridized carbons (Fsp3) is 0.419. The van der Waals surface area contributed by atoms with E-state index in [0.717, 1.165) is 72.8 Å². The summed E-state index contributed by atoms with van der Waals surface area (Å²) in [7, 11) is 0. The molecule has 2 saturated carbocycles. The van der Waals surface area contributed by atoms with Crippen molar-refractivity contribution in [3.8, 4) is 39.9 Å². The number of nitro groups is 1. The summed E-state index contributed by atoms with van der Waals surface area (Å²) in [6, 6.07) is 35.6. The summed E-state index contributed by atoms with van der Waals surface area (Å²) in [5.41, 5.74) is 6.21. The van der Waals surface area contributed by atoms with Crippen LogP contribution < -0.4 is 18.9 Å². The number of aliphatic hydroxyl groups is 2. The zero-order chi connectivity index (χ0) is 52.4. The van der Waals surface area contributed by atoms with Crippen LogP contribution in [0.25, 0.3) is 11.1 Å². The van der Waals surface area contributed by atoms with Gasteiger partial charge in [0.2, 0.25) is 18.5 Å². The van der Waals surface area contributed by atoms with Gasteiger partial charge in [-0.1, -0.05) is 104 Å². The summed E-state index contributed by atoms with van der Waals surface area (Å²) in [5, 5.41) is 36.8. The van der Waals surface area contributed by atoms with Crippen LogP contribution >= 0.6 is 0 Å². The fourth-order valence-corrected chi connectivity index (χ4v) is 12.5. The van der Waals surface area contributed by atoms with E-state index in [4.69, 9.17) is 33.7 Å². The van der Waals surface area contributed by atoms with E-state index >= 15 is 4.79 Å². The number of nitrogens with zero attached hydrogens (tertiary/aromatic N) is 3. The Balaban J connectivity index is 1.12. The van der Waals surface area contributed by atoms with Crippen molar-refractivity contribution in [2.24, 2.45) is 28.8 Å². The maximum atomic E-state index is 15.5. The Morgan fingerprint density at radius 3 is 2.28 bits per heavy atom. The van der Waals surface area contributed by atoms with Gasteiger partial charge in [-0.05, 0) is 132 Å². The maximum Gasteiger partial charge on any atom is 0.269 e. The van der Waals surface area contributed by atoms with Crippen LogP contribution in [-0.2, 0) is 27.5 Å². The van der Waals surface area contributed by atoms with Crippen molar-refractivity contribution in [2.75, 3.05) is 26.6 Å². The Morgan fingerprint density at radius 2 is 1.53 bits per heavy atom. The Labute approximate surface area is 445 Å². The average molecular weight is 1030 g/mol. The number of nitro benzene ring substituents is 1. The van der Waals surface area contributed by atoms with Gasteiger partial charge in [0.1, 0.15) is 29.9 Å². The van der Waals surface area contributed by atoms with E-state index in [1.807, 2.05) is 65.6 Å². The van der Waals surface area contributed by atoms with E-state index in [1.165, 1.54) is 25.0 Å². The van der Waals surface area contributed by atoms with E-state index < -0.39 is 22.7 Å². The Bertz CT molecular complexity index is 2870. The first kappa shape index (κ1) is 52.4. The van der Waals surface area contributed by atoms with Gasteiger partial charge in [0, 0.05) is 56.2 Å². The van der Waals surface area contributed by atoms with Crippen molar-refractivity contribution < 1.29 is 48.5 Å². The minimum absolute atomic E-state index is 0.00448. The number of oxime groups is 1. The molecule has 0 radical (unpaired) electrons. The molecule has 6 unspecified atom stereocenters. The first-order valence-corrected chi connectivity index (χ1v) is 27.2. The third kappa shape index (κ3) is 11.5. The van der Waals surface area contributed by atoms with Gasteiger partial charge in [-0.25, -0.2) is 0 Å². The smallest absolute Gasteiger partial charge is 0.269 e. The van der Waals surface area contributed by atoms with Gasteiger partial charge in [-0.2, -0.15) is 0 Å². The number of carbonyl (C=O) groups excluding carboxylic acids is 1. The molecule has 2 aliphatic heterocycles. The molecule has 2 heterocycles. The standard InChI is InChI=1S/C62H69N3O11/c1-2-34-73-62-58(64(59(68)31-21-42-12-6-7-13-42)39-44-20-29-56-57(35-44)72-41-71-56)38-54(63-74-40-43-18-24-48(25-19-43)65(69)70)52-36-47(16-8-10-32-66)51(17-9-11-33-67)60(61(52)62)53-37-50(28-30-55(53)76-62)75-49-26-22-46(23-27-49)45-14-4-3-5-15-45/h2-5,14-15,18-20,22-30,35-37,42,47,51,58,60-61,66-67H,1,6-13,16-17,21,31-34,38-41H2. The molecule has 5 aliphatic rings. The van der Waals surface area contributed by atoms with Gasteiger partial charge in [0.15, 0.2) is 11.5 Å². The van der Waals surface area contributed by atoms with Crippen LogP contribution in [0.3, 0.4) is 0 Å². The van der Waals surface area contributed by atoms with Crippen molar-refractivity contribution >= 4 is 17.3 Å². The number of fused-ring (bicyclic) bond motifs is 3. The second-order valence-electron chi connectivity index (χ2n) is 20.9. The molecule has 0 bridgehead atoms. The number of hydrogen-bond acceptors (Lipinski definition) is 12. The van der Waals surface area contributed by atoms with Crippen LogP contribution in [0.4, 0.5) is 5.69 Å². The number of aliphatic hydroxyl groups excluding tert-OH is 2. The maximum absolute atomic E-state index is 15.5. The van der Waals surface area contributed by atoms with E-state index in [9.17, 15) is 20.3 Å². The summed E-state index contributed by atoms with van der Waals surface area (Å²) < 4.78 is 33.2. The zero-order valence-electron chi connectivity index (χ0n) is 43.1. The highest BCUT2D eigenvalue weighted by molar-refractivity contribution is 6.03. The lowest BCUT2D eigenvalue weighted by atomic mass is 9.55. The second-order valence-corrected chi connectivity index (χ2v) is 20.9. The molecular formula is C62H69N3O11. The molecule has 14 nitrogen and oxygen atoms in total. The van der Waals surface area contributed by atoms with Crippen molar-refractivity contribution in [1.82, 2.24) is 4.90 Å². The van der Waals surface area contributed by atoms with Gasteiger partial charge in [-0.3, -0.25) is 14.9 Å². The van der Waals surface area contributed by atoms with Crippen LogP contribution in [0.2, 0.25) is 0 Å². The van der Waals surface area contributed by atoms with Gasteiger partial charge in [0.25, 0.3) is 5.69 Å². The number of carbonyl (C=O) groups is 1. The summed E-state index contributed by atoms with van der Waals surface area (Å²) in [5.74, 6) is 1.34. The molecule has 0 saturated heterocycles. The molecule has 3 aliphatic carbocycles. The zero-order valence-corrected chi connectivity index (χ0v) is 43.1. The van der Waals surface area contributed by atoms with Gasteiger partial charge in [0.05, 0.1) is 23.2 Å². The Morgan fingerprint density at radius 1 is 0.816 bits per heavy atom. The van der Waals surface area contributed by atoms with Crippen LogP contribution in [0.1, 0.15) is 106 Å². The lowest BCUT2D eigenvalue weighted by Crippen LogP contribution is -2.70. The molecule has 1 amide bonds. The van der Waals surface area contributed by atoms with Gasteiger partial charge >= 0.3 is 0 Å². The van der Waals surface area contributed by atoms with Crippen LogP contribution in [0.5, 0.6) is 28.7 Å². The highest BCUT2D eigenvalue weighted by atomic mass is 16.7. The number of hydrogen-bond donors (Lipinski definition) is 2. The van der Waals surface area contributed by atoms with Crippen LogP contribution in [0, 0.1) is 33.8 Å². The largest absolute Gasteiger partial charge is 0.459 e. The van der Waals surface area contributed by atoms with E-state index in [1.54, 1.807) is 18.2 Å². The first-order chi connectivity index (χ1) is 37.2. The molecule has 398 valence electrons. The van der Waals surface area contributed by atoms with E-state index in [2.05, 4.69) is 43.0 Å². The quantitative estimate of drug-likeness (QED) is 0.0261. The normalized spacial score (nSPS) is 22.7. The van der Waals surface area contributed by atoms with E-state index in [-0.39, 0.29) is 75.5 Å². The number of benzene rings is 5. The molecule has 0 aromatic heterocycles. The monoisotopic (exact) mass is 1030 g/mol. The second kappa shape index (κ2) is 24.3. The third-order valence-corrected chi connectivity index (χ3v) is 16.1. The van der Waals surface area contributed by atoms with Crippen molar-refractivity contribution in [3.63, 3.8) is 0 Å². The number of amides is 1. The lowest BCUT2D eigenvalue weighted by molar-refractivity contribution is -0.384. The van der Waals surface area contributed by atoms with E-state index in [0.29, 0.717) is 65.2 Å². The van der Waals surface area contributed by atoms with Crippen molar-refractivity contribution in [1.29, 1.82) is 0 Å². The fourth-order valence-electron chi connectivity index (χ4n) is 12.5. The number of allylic oxidation sites excluding steroid dienone is 1. The molecule has 5 aromatic carbocycles. The summed E-state index contributed by atoms with van der Waals surface area (Å²) >= 11 is 0. The summed E-state index contributed by atoms with van der Waals surface area (Å²) in [6.45, 7) is 4.76. The average Bonchev–Trinajstić information content (AvgIpc) is 4.18. The molecule has 76 heavy (non-hydrogen) atoms. The van der Waals surface area contributed by atoms with Crippen LogP contribution in [-0.4, -0.2) is 70.1 Å². The van der Waals surface area contributed by atoms with Gasteiger partial charge < -0.3 is 43.6 Å².